The number of allylic oxidation sites excluding steroid dienone is 5. The Bertz CT molecular complexity index is 682. The second-order valence-electron chi connectivity index (χ2n) is 8.56. The third kappa shape index (κ3) is 8.84. The summed E-state index contributed by atoms with van der Waals surface area (Å²) in [6.45, 7) is 11.1. The maximum Gasteiger partial charge on any atom is 0.0923 e. The van der Waals surface area contributed by atoms with Crippen LogP contribution < -0.4 is 0 Å². The van der Waals surface area contributed by atoms with Crippen LogP contribution in [0.3, 0.4) is 0 Å². The van der Waals surface area contributed by atoms with Crippen LogP contribution >= 0.6 is 11.8 Å². The van der Waals surface area contributed by atoms with Crippen molar-refractivity contribution in [2.24, 2.45) is 0 Å². The maximum absolute atomic E-state index is 6.04. The lowest BCUT2D eigenvalue weighted by molar-refractivity contribution is 0.295. The standard InChI is InChI=1S/C26H38OS/c1-21(2)12-9-13-22(3)15-11-19-26(5)25(27-26)18-10-14-23(4)20-28-24-16-7-6-8-17-24/h6-8,12,14-17,25H,9-11,13,18-20H2,1-5H3/b22-15+,23-14+/t25-,26-/m1/s1. The molecule has 2 rings (SSSR count). The van der Waals surface area contributed by atoms with E-state index >= 15 is 0 Å². The van der Waals surface area contributed by atoms with Crippen molar-refractivity contribution in [3.63, 3.8) is 0 Å². The van der Waals surface area contributed by atoms with Crippen LogP contribution in [0.15, 0.2) is 70.2 Å². The van der Waals surface area contributed by atoms with Crippen LogP contribution in [0.25, 0.3) is 0 Å². The highest BCUT2D eigenvalue weighted by Gasteiger charge is 2.50. The van der Waals surface area contributed by atoms with Crippen molar-refractivity contribution in [3.05, 3.63) is 65.3 Å². The number of epoxide rings is 1. The Labute approximate surface area is 177 Å². The molecule has 0 bridgehead atoms. The topological polar surface area (TPSA) is 12.5 Å². The SMILES string of the molecule is CC(C)=CCC/C(C)=C/CC[C@@]1(C)O[C@@H]1CC/C=C(\C)CSc1ccccc1. The molecule has 1 heterocycles. The number of benzene rings is 1. The molecule has 0 unspecified atom stereocenters. The van der Waals surface area contributed by atoms with E-state index in [4.69, 9.17) is 4.74 Å². The van der Waals surface area contributed by atoms with Crippen LogP contribution in [0.1, 0.15) is 73.1 Å². The molecule has 1 aromatic carbocycles. The van der Waals surface area contributed by atoms with Gasteiger partial charge in [-0.05, 0) is 85.3 Å². The van der Waals surface area contributed by atoms with Gasteiger partial charge in [-0.3, -0.25) is 0 Å². The van der Waals surface area contributed by atoms with Crippen LogP contribution in [0, 0.1) is 0 Å². The molecule has 154 valence electrons. The summed E-state index contributed by atoms with van der Waals surface area (Å²) in [6, 6.07) is 10.6. The molecule has 1 nitrogen and oxygen atoms in total. The van der Waals surface area contributed by atoms with E-state index in [0.717, 1.165) is 37.9 Å². The number of rotatable bonds is 12. The van der Waals surface area contributed by atoms with Gasteiger partial charge in [0, 0.05) is 10.6 Å². The predicted molar refractivity (Wildman–Crippen MR) is 125 cm³/mol. The maximum atomic E-state index is 6.04. The van der Waals surface area contributed by atoms with E-state index in [-0.39, 0.29) is 5.60 Å². The number of thioether (sulfide) groups is 1. The van der Waals surface area contributed by atoms with Gasteiger partial charge in [0.2, 0.25) is 0 Å². The van der Waals surface area contributed by atoms with Gasteiger partial charge >= 0.3 is 0 Å². The second kappa shape index (κ2) is 11.7. The van der Waals surface area contributed by atoms with E-state index in [0.29, 0.717) is 6.10 Å². The van der Waals surface area contributed by atoms with Gasteiger partial charge in [-0.1, -0.05) is 53.1 Å². The Morgan fingerprint density at radius 1 is 0.964 bits per heavy atom. The monoisotopic (exact) mass is 398 g/mol. The molecule has 1 fully saturated rings. The average molecular weight is 399 g/mol. The van der Waals surface area contributed by atoms with Crippen molar-refractivity contribution in [2.45, 2.75) is 89.7 Å². The van der Waals surface area contributed by atoms with E-state index in [9.17, 15) is 0 Å². The smallest absolute Gasteiger partial charge is 0.0923 e. The first kappa shape index (κ1) is 23.0. The minimum absolute atomic E-state index is 0.108. The van der Waals surface area contributed by atoms with Gasteiger partial charge in [-0.15, -0.1) is 11.8 Å². The van der Waals surface area contributed by atoms with E-state index in [1.807, 2.05) is 11.8 Å². The molecule has 2 atom stereocenters. The molecular weight excluding hydrogens is 360 g/mol. The lowest BCUT2D eigenvalue weighted by Gasteiger charge is -2.05. The fourth-order valence-corrected chi connectivity index (χ4v) is 4.29. The van der Waals surface area contributed by atoms with Crippen LogP contribution in [-0.4, -0.2) is 17.5 Å². The molecule has 0 radical (unpaired) electrons. The van der Waals surface area contributed by atoms with Gasteiger partial charge in [-0.2, -0.15) is 0 Å². The Hall–Kier alpha value is -1.25. The zero-order chi connectivity index (χ0) is 20.4. The molecule has 0 amide bonds. The van der Waals surface area contributed by atoms with Gasteiger partial charge in [0.05, 0.1) is 11.7 Å². The summed E-state index contributed by atoms with van der Waals surface area (Å²) in [4.78, 5) is 1.34. The van der Waals surface area contributed by atoms with Crippen molar-refractivity contribution in [3.8, 4) is 0 Å². The Morgan fingerprint density at radius 2 is 1.68 bits per heavy atom. The second-order valence-corrected chi connectivity index (χ2v) is 9.61. The van der Waals surface area contributed by atoms with Crippen molar-refractivity contribution in [1.29, 1.82) is 0 Å². The number of hydrogen-bond acceptors (Lipinski definition) is 2. The molecule has 0 aromatic heterocycles. The van der Waals surface area contributed by atoms with Gasteiger partial charge in [0.1, 0.15) is 0 Å². The fourth-order valence-electron chi connectivity index (χ4n) is 3.42. The third-order valence-corrected chi connectivity index (χ3v) is 6.60. The van der Waals surface area contributed by atoms with E-state index in [1.54, 1.807) is 0 Å². The molecule has 0 aliphatic carbocycles. The summed E-state index contributed by atoms with van der Waals surface area (Å²) >= 11 is 1.91. The van der Waals surface area contributed by atoms with Crippen molar-refractivity contribution < 1.29 is 4.74 Å². The predicted octanol–water partition coefficient (Wildman–Crippen LogP) is 8.14. The number of ether oxygens (including phenoxy) is 1. The molecule has 28 heavy (non-hydrogen) atoms. The van der Waals surface area contributed by atoms with Crippen LogP contribution in [0.2, 0.25) is 0 Å². The molecular formula is C26H38OS. The van der Waals surface area contributed by atoms with E-state index in [2.05, 4.69) is 83.2 Å². The van der Waals surface area contributed by atoms with Crippen molar-refractivity contribution in [2.75, 3.05) is 5.75 Å². The Kier molecular flexibility index (Phi) is 9.61. The molecule has 0 spiro atoms. The van der Waals surface area contributed by atoms with Crippen LogP contribution in [0.5, 0.6) is 0 Å². The minimum Gasteiger partial charge on any atom is -0.366 e. The molecule has 1 aliphatic rings. The summed E-state index contributed by atoms with van der Waals surface area (Å²) in [5, 5.41) is 0. The quantitative estimate of drug-likeness (QED) is 0.200. The Balaban J connectivity index is 1.61. The van der Waals surface area contributed by atoms with Crippen molar-refractivity contribution in [1.82, 2.24) is 0 Å². The first-order valence-electron chi connectivity index (χ1n) is 10.7. The van der Waals surface area contributed by atoms with Gasteiger partial charge in [-0.25, -0.2) is 0 Å². The summed E-state index contributed by atoms with van der Waals surface area (Å²) < 4.78 is 6.04. The fraction of sp³-hybridized carbons (Fsp3) is 0.538. The largest absolute Gasteiger partial charge is 0.366 e. The lowest BCUT2D eigenvalue weighted by atomic mass is 9.97. The highest BCUT2D eigenvalue weighted by atomic mass is 32.2. The van der Waals surface area contributed by atoms with E-state index < -0.39 is 0 Å². The molecule has 0 N–H and O–H groups in total. The molecule has 2 heteroatoms. The Morgan fingerprint density at radius 3 is 2.39 bits per heavy atom. The molecule has 1 saturated heterocycles. The summed E-state index contributed by atoms with van der Waals surface area (Å²) in [5.41, 5.74) is 4.49. The highest BCUT2D eigenvalue weighted by molar-refractivity contribution is 7.99. The van der Waals surface area contributed by atoms with E-state index in [1.165, 1.54) is 28.0 Å². The zero-order valence-electron chi connectivity index (χ0n) is 18.5. The summed E-state index contributed by atoms with van der Waals surface area (Å²) in [7, 11) is 0. The first-order valence-corrected chi connectivity index (χ1v) is 11.7. The van der Waals surface area contributed by atoms with Gasteiger partial charge in [0.15, 0.2) is 0 Å². The lowest BCUT2D eigenvalue weighted by Crippen LogP contribution is -2.09. The normalized spacial score (nSPS) is 22.2. The first-order chi connectivity index (χ1) is 13.4. The van der Waals surface area contributed by atoms with Crippen LogP contribution in [-0.2, 0) is 4.74 Å². The van der Waals surface area contributed by atoms with Crippen LogP contribution in [0.4, 0.5) is 0 Å². The average Bonchev–Trinajstić information content (AvgIpc) is 3.30. The third-order valence-electron chi connectivity index (χ3n) is 5.39. The van der Waals surface area contributed by atoms with Gasteiger partial charge in [0.25, 0.3) is 0 Å². The minimum atomic E-state index is 0.108. The molecule has 1 aromatic rings. The van der Waals surface area contributed by atoms with Gasteiger partial charge < -0.3 is 4.74 Å². The van der Waals surface area contributed by atoms with Crippen molar-refractivity contribution >= 4 is 11.8 Å². The summed E-state index contributed by atoms with van der Waals surface area (Å²) in [5.74, 6) is 1.07. The summed E-state index contributed by atoms with van der Waals surface area (Å²) in [6.07, 6.45) is 14.5. The number of hydrogen-bond donors (Lipinski definition) is 0. The molecule has 1 aliphatic heterocycles. The highest BCUT2D eigenvalue weighted by Crippen LogP contribution is 2.43. The molecule has 0 saturated carbocycles. The zero-order valence-corrected chi connectivity index (χ0v) is 19.3.